The Bertz CT molecular complexity index is 477. The molecule has 1 aliphatic heterocycles. The van der Waals surface area contributed by atoms with Gasteiger partial charge in [-0.3, -0.25) is 0 Å². The fourth-order valence-electron chi connectivity index (χ4n) is 1.87. The van der Waals surface area contributed by atoms with E-state index in [9.17, 15) is 0 Å². The Kier molecular flexibility index (Phi) is 4.21. The van der Waals surface area contributed by atoms with Gasteiger partial charge >= 0.3 is 0 Å². The molecule has 18 heavy (non-hydrogen) atoms. The van der Waals surface area contributed by atoms with Gasteiger partial charge in [0, 0.05) is 4.91 Å². The van der Waals surface area contributed by atoms with Gasteiger partial charge in [-0.05, 0) is 11.1 Å². The monoisotopic (exact) mass is 243 g/mol. The minimum absolute atomic E-state index is 0.304. The molecule has 0 radical (unpaired) electrons. The fraction of sp³-hybridized carbons (Fsp3) is 0.385. The Morgan fingerprint density at radius 3 is 2.94 bits per heavy atom. The molecule has 0 aromatic heterocycles. The summed E-state index contributed by atoms with van der Waals surface area (Å²) >= 11 is 0. The molecule has 1 aromatic rings. The predicted molar refractivity (Wildman–Crippen MR) is 66.5 cm³/mol. The highest BCUT2D eigenvalue weighted by atomic mass is 16.6. The maximum absolute atomic E-state index is 8.48. The summed E-state index contributed by atoms with van der Waals surface area (Å²) in [5, 5.41) is 3.65. The van der Waals surface area contributed by atoms with Crippen molar-refractivity contribution in [1.29, 1.82) is 0 Å². The largest absolute Gasteiger partial charge is 0.369 e. The zero-order valence-corrected chi connectivity index (χ0v) is 9.77. The SMILES string of the molecule is C#C[C@@H]1OC[C@H](N=[N+]=[N-])[C@@H]1OCc1ccccc1. The number of rotatable bonds is 4. The van der Waals surface area contributed by atoms with Crippen LogP contribution in [0.2, 0.25) is 0 Å². The van der Waals surface area contributed by atoms with Crippen LogP contribution >= 0.6 is 0 Å². The van der Waals surface area contributed by atoms with Gasteiger partial charge in [-0.2, -0.15) is 0 Å². The van der Waals surface area contributed by atoms with Gasteiger partial charge in [0.1, 0.15) is 12.2 Å². The topological polar surface area (TPSA) is 67.2 Å². The molecule has 0 amide bonds. The van der Waals surface area contributed by atoms with Gasteiger partial charge in [-0.25, -0.2) is 0 Å². The first kappa shape index (κ1) is 12.5. The van der Waals surface area contributed by atoms with Gasteiger partial charge in [0.25, 0.3) is 0 Å². The number of ether oxygens (including phenoxy) is 2. The summed E-state index contributed by atoms with van der Waals surface area (Å²) in [5.41, 5.74) is 9.53. The van der Waals surface area contributed by atoms with Crippen molar-refractivity contribution in [3.05, 3.63) is 46.3 Å². The number of hydrogen-bond acceptors (Lipinski definition) is 3. The first-order valence-electron chi connectivity index (χ1n) is 5.62. The lowest BCUT2D eigenvalue weighted by Gasteiger charge is -2.17. The highest BCUT2D eigenvalue weighted by Gasteiger charge is 2.36. The van der Waals surface area contributed by atoms with Gasteiger partial charge in [0.2, 0.25) is 0 Å². The highest BCUT2D eigenvalue weighted by molar-refractivity contribution is 5.14. The fourth-order valence-corrected chi connectivity index (χ4v) is 1.87. The second-order valence-corrected chi connectivity index (χ2v) is 3.95. The molecule has 2 rings (SSSR count). The molecule has 1 aromatic carbocycles. The molecule has 0 aliphatic carbocycles. The van der Waals surface area contributed by atoms with Crippen molar-refractivity contribution in [2.24, 2.45) is 5.11 Å². The summed E-state index contributed by atoms with van der Waals surface area (Å²) in [5.74, 6) is 2.51. The van der Waals surface area contributed by atoms with E-state index in [4.69, 9.17) is 21.4 Å². The summed E-state index contributed by atoms with van der Waals surface area (Å²) in [4.78, 5) is 2.79. The summed E-state index contributed by atoms with van der Waals surface area (Å²) in [6, 6.07) is 9.38. The molecule has 0 saturated carbocycles. The van der Waals surface area contributed by atoms with Crippen molar-refractivity contribution in [2.45, 2.75) is 24.9 Å². The standard InChI is InChI=1S/C13H13N3O2/c1-2-12-13(11(9-17-12)15-16-14)18-8-10-6-4-3-5-7-10/h1,3-7,11-13H,8-9H2/t11-,12-,13-/m0/s1. The van der Waals surface area contributed by atoms with Crippen LogP contribution in [0.15, 0.2) is 35.4 Å². The Labute approximate surface area is 105 Å². The number of hydrogen-bond donors (Lipinski definition) is 0. The Morgan fingerprint density at radius 1 is 1.50 bits per heavy atom. The second kappa shape index (κ2) is 6.08. The number of azide groups is 1. The van der Waals surface area contributed by atoms with Crippen molar-refractivity contribution in [2.75, 3.05) is 6.61 Å². The van der Waals surface area contributed by atoms with Crippen molar-refractivity contribution < 1.29 is 9.47 Å². The minimum Gasteiger partial charge on any atom is -0.369 e. The molecule has 92 valence electrons. The number of nitrogens with zero attached hydrogens (tertiary/aromatic N) is 3. The van der Waals surface area contributed by atoms with E-state index in [-0.39, 0.29) is 12.1 Å². The van der Waals surface area contributed by atoms with Crippen molar-refractivity contribution in [3.8, 4) is 12.3 Å². The lowest BCUT2D eigenvalue weighted by molar-refractivity contribution is 0.00285. The van der Waals surface area contributed by atoms with E-state index < -0.39 is 6.10 Å². The third kappa shape index (κ3) is 2.82. The van der Waals surface area contributed by atoms with E-state index in [2.05, 4.69) is 15.9 Å². The third-order valence-electron chi connectivity index (χ3n) is 2.77. The summed E-state index contributed by atoms with van der Waals surface area (Å²) in [6.07, 6.45) is 4.52. The third-order valence-corrected chi connectivity index (χ3v) is 2.77. The van der Waals surface area contributed by atoms with E-state index in [1.54, 1.807) is 0 Å². The van der Waals surface area contributed by atoms with Gasteiger partial charge in [-0.15, -0.1) is 6.42 Å². The van der Waals surface area contributed by atoms with E-state index in [1.807, 2.05) is 30.3 Å². The minimum atomic E-state index is -0.454. The van der Waals surface area contributed by atoms with E-state index in [0.717, 1.165) is 5.56 Å². The van der Waals surface area contributed by atoms with Crippen LogP contribution in [-0.4, -0.2) is 24.9 Å². The van der Waals surface area contributed by atoms with Crippen LogP contribution in [0.25, 0.3) is 10.4 Å². The first-order chi connectivity index (χ1) is 8.85. The lowest BCUT2D eigenvalue weighted by atomic mass is 10.1. The molecular formula is C13H13N3O2. The number of terminal acetylenes is 1. The molecule has 1 saturated heterocycles. The maximum Gasteiger partial charge on any atom is 0.144 e. The molecule has 3 atom stereocenters. The highest BCUT2D eigenvalue weighted by Crippen LogP contribution is 2.21. The lowest BCUT2D eigenvalue weighted by Crippen LogP contribution is -2.31. The molecule has 0 N–H and O–H groups in total. The first-order valence-corrected chi connectivity index (χ1v) is 5.62. The second-order valence-electron chi connectivity index (χ2n) is 3.95. The van der Waals surface area contributed by atoms with Crippen LogP contribution in [0.5, 0.6) is 0 Å². The molecule has 0 bridgehead atoms. The molecule has 5 nitrogen and oxygen atoms in total. The summed E-state index contributed by atoms with van der Waals surface area (Å²) in [6.45, 7) is 0.725. The van der Waals surface area contributed by atoms with Gasteiger partial charge in [0.05, 0.1) is 19.3 Å². The van der Waals surface area contributed by atoms with Crippen molar-refractivity contribution >= 4 is 0 Å². The van der Waals surface area contributed by atoms with Crippen molar-refractivity contribution in [3.63, 3.8) is 0 Å². The Morgan fingerprint density at radius 2 is 2.28 bits per heavy atom. The Hall–Kier alpha value is -1.99. The van der Waals surface area contributed by atoms with E-state index in [0.29, 0.717) is 13.2 Å². The van der Waals surface area contributed by atoms with Crippen LogP contribution in [0.3, 0.4) is 0 Å². The van der Waals surface area contributed by atoms with Gasteiger partial charge in [0.15, 0.2) is 0 Å². The molecule has 0 unspecified atom stereocenters. The zero-order valence-electron chi connectivity index (χ0n) is 9.77. The summed E-state index contributed by atoms with van der Waals surface area (Å²) < 4.78 is 11.1. The zero-order chi connectivity index (χ0) is 12.8. The predicted octanol–water partition coefficient (Wildman–Crippen LogP) is 2.28. The van der Waals surface area contributed by atoms with E-state index in [1.165, 1.54) is 0 Å². The molecule has 0 spiro atoms. The van der Waals surface area contributed by atoms with Crippen molar-refractivity contribution in [1.82, 2.24) is 0 Å². The normalized spacial score (nSPS) is 26.3. The molecular weight excluding hydrogens is 230 g/mol. The quantitative estimate of drug-likeness (QED) is 0.352. The summed E-state index contributed by atoms with van der Waals surface area (Å²) in [7, 11) is 0. The smallest absolute Gasteiger partial charge is 0.144 e. The molecule has 1 aliphatic rings. The van der Waals surface area contributed by atoms with Gasteiger partial charge < -0.3 is 9.47 Å². The van der Waals surface area contributed by atoms with Crippen LogP contribution < -0.4 is 0 Å². The van der Waals surface area contributed by atoms with Crippen LogP contribution in [0.1, 0.15) is 5.56 Å². The molecule has 1 heterocycles. The number of benzene rings is 1. The molecule has 1 fully saturated rings. The average Bonchev–Trinajstić information content (AvgIpc) is 2.80. The maximum atomic E-state index is 8.48. The van der Waals surface area contributed by atoms with Crippen LogP contribution in [-0.2, 0) is 16.1 Å². The van der Waals surface area contributed by atoms with Crippen LogP contribution in [0, 0.1) is 12.3 Å². The van der Waals surface area contributed by atoms with Gasteiger partial charge in [-0.1, -0.05) is 41.4 Å². The van der Waals surface area contributed by atoms with E-state index >= 15 is 0 Å². The average molecular weight is 243 g/mol. The molecule has 5 heteroatoms. The Balaban J connectivity index is 2.01. The van der Waals surface area contributed by atoms with Crippen LogP contribution in [0.4, 0.5) is 0 Å².